The molecule has 1 aromatic heterocycles. The van der Waals surface area contributed by atoms with Crippen molar-refractivity contribution in [2.75, 3.05) is 25.1 Å². The summed E-state index contributed by atoms with van der Waals surface area (Å²) in [7, 11) is 3.29. The number of halogens is 1. The zero-order valence-corrected chi connectivity index (χ0v) is 26.1. The van der Waals surface area contributed by atoms with Gasteiger partial charge in [0.2, 0.25) is 0 Å². The number of ether oxygens (including phenoxy) is 4. The van der Waals surface area contributed by atoms with Crippen LogP contribution >= 0.6 is 34.9 Å². The molecule has 1 fully saturated rings. The first kappa shape index (κ1) is 30.1. The number of benzene rings is 2. The maximum absolute atomic E-state index is 12.6. The van der Waals surface area contributed by atoms with Crippen LogP contribution in [-0.4, -0.2) is 54.5 Å². The van der Waals surface area contributed by atoms with Crippen LogP contribution in [0.3, 0.4) is 0 Å². The fourth-order valence-electron chi connectivity index (χ4n) is 4.38. The summed E-state index contributed by atoms with van der Waals surface area (Å²) < 4.78 is 24.9. The third-order valence-corrected chi connectivity index (χ3v) is 8.50. The lowest BCUT2D eigenvalue weighted by Crippen LogP contribution is -2.49. The largest absolute Gasteiger partial charge is 0.497 e. The molecule has 4 rings (SSSR count). The predicted octanol–water partition coefficient (Wildman–Crippen LogP) is 7.69. The van der Waals surface area contributed by atoms with Gasteiger partial charge in [0.05, 0.1) is 25.8 Å². The van der Waals surface area contributed by atoms with E-state index in [1.54, 1.807) is 48.6 Å². The average Bonchev–Trinajstić information content (AvgIpc) is 3.44. The molecule has 40 heavy (non-hydrogen) atoms. The number of amides is 1. The second kappa shape index (κ2) is 13.2. The van der Waals surface area contributed by atoms with Crippen LogP contribution in [-0.2, 0) is 11.3 Å². The molecule has 0 radical (unpaired) electrons. The molecule has 3 aromatic rings. The Morgan fingerprint density at radius 2 is 1.98 bits per heavy atom. The zero-order chi connectivity index (χ0) is 28.9. The number of thiazole rings is 1. The number of likely N-dealkylation sites (tertiary alicyclic amines) is 1. The van der Waals surface area contributed by atoms with Crippen LogP contribution in [0.15, 0.2) is 52.9 Å². The quantitative estimate of drug-likeness (QED) is 0.230. The molecule has 1 aliphatic heterocycles. The maximum Gasteiger partial charge on any atom is 0.410 e. The van der Waals surface area contributed by atoms with E-state index < -0.39 is 5.60 Å². The first-order valence-corrected chi connectivity index (χ1v) is 15.1. The van der Waals surface area contributed by atoms with Gasteiger partial charge in [0, 0.05) is 53.5 Å². The number of nitrogens with zero attached hydrogens (tertiary/aromatic N) is 3. The molecule has 0 N–H and O–H groups in total. The molecule has 2 aromatic carbocycles. The molecule has 0 spiro atoms. The van der Waals surface area contributed by atoms with Crippen molar-refractivity contribution in [3.8, 4) is 17.2 Å². The molecule has 8 nitrogen and oxygen atoms in total. The summed E-state index contributed by atoms with van der Waals surface area (Å²) in [5.41, 5.74) is 0.483. The van der Waals surface area contributed by atoms with Crippen LogP contribution in [0.2, 0.25) is 5.02 Å². The van der Waals surface area contributed by atoms with E-state index in [9.17, 15) is 4.79 Å². The number of anilines is 1. The van der Waals surface area contributed by atoms with E-state index in [0.717, 1.165) is 27.1 Å². The molecular formula is C29H36ClN3O5S2. The Kier molecular flexibility index (Phi) is 9.97. The molecule has 2 atom stereocenters. The van der Waals surface area contributed by atoms with E-state index in [-0.39, 0.29) is 18.2 Å². The molecule has 0 saturated carbocycles. The van der Waals surface area contributed by atoms with Crippen molar-refractivity contribution >= 4 is 46.1 Å². The van der Waals surface area contributed by atoms with Gasteiger partial charge in [-0.05, 0) is 70.0 Å². The minimum Gasteiger partial charge on any atom is -0.497 e. The van der Waals surface area contributed by atoms with Gasteiger partial charge >= 0.3 is 6.09 Å². The fourth-order valence-corrected chi connectivity index (χ4v) is 6.34. The lowest BCUT2D eigenvalue weighted by atomic mass is 10.0. The summed E-state index contributed by atoms with van der Waals surface area (Å²) in [6.45, 7) is 8.79. The fraction of sp³-hybridized carbons (Fsp3) is 0.448. The molecule has 0 bridgehead atoms. The van der Waals surface area contributed by atoms with Crippen molar-refractivity contribution in [1.29, 1.82) is 0 Å². The number of piperidine rings is 1. The summed E-state index contributed by atoms with van der Waals surface area (Å²) >= 11 is 9.80. The minimum atomic E-state index is -0.521. The topological polar surface area (TPSA) is 73.4 Å². The normalized spacial score (nSPS) is 17.3. The van der Waals surface area contributed by atoms with Crippen LogP contribution in [0.1, 0.15) is 46.1 Å². The third-order valence-electron chi connectivity index (χ3n) is 6.31. The highest BCUT2D eigenvalue weighted by atomic mass is 35.5. The molecular weight excluding hydrogens is 570 g/mol. The molecule has 0 aliphatic carbocycles. The standard InChI is InChI=1S/C29H36ClN3O5S2/c1-19-15-22(11-13-32(19)28(34)38-29(2,3)4)37-25-10-9-23(17-24(25)30)40-33(27-31-12-14-39-27)18-20-7-8-21(35-5)16-26(20)36-6/h7-10,12,14,16-17,19,22H,11,13,15,18H2,1-6H3/t19-,22-/m0/s1. The maximum atomic E-state index is 12.6. The number of hydrogen-bond acceptors (Lipinski definition) is 9. The summed E-state index contributed by atoms with van der Waals surface area (Å²) in [5.74, 6) is 2.11. The number of aromatic nitrogens is 1. The van der Waals surface area contributed by atoms with Gasteiger partial charge in [-0.15, -0.1) is 11.3 Å². The van der Waals surface area contributed by atoms with Gasteiger partial charge in [-0.25, -0.2) is 9.78 Å². The van der Waals surface area contributed by atoms with Crippen molar-refractivity contribution in [2.24, 2.45) is 0 Å². The van der Waals surface area contributed by atoms with Gasteiger partial charge in [-0.3, -0.25) is 4.31 Å². The van der Waals surface area contributed by atoms with Gasteiger partial charge in [-0.2, -0.15) is 0 Å². The summed E-state index contributed by atoms with van der Waals surface area (Å²) in [5, 5.41) is 3.35. The van der Waals surface area contributed by atoms with E-state index in [2.05, 4.69) is 9.29 Å². The summed E-state index contributed by atoms with van der Waals surface area (Å²) in [6.07, 6.45) is 2.87. The van der Waals surface area contributed by atoms with Crippen LogP contribution in [0.25, 0.3) is 0 Å². The summed E-state index contributed by atoms with van der Waals surface area (Å²) in [4.78, 5) is 19.8. The van der Waals surface area contributed by atoms with Crippen molar-refractivity contribution in [3.63, 3.8) is 0 Å². The molecule has 11 heteroatoms. The highest BCUT2D eigenvalue weighted by Gasteiger charge is 2.33. The number of carbonyl (C=O) groups excluding carboxylic acids is 1. The van der Waals surface area contributed by atoms with Crippen molar-refractivity contribution in [3.05, 3.63) is 58.6 Å². The second-order valence-corrected chi connectivity index (χ2v) is 12.9. The van der Waals surface area contributed by atoms with Crippen LogP contribution in [0, 0.1) is 0 Å². The molecule has 1 aliphatic rings. The van der Waals surface area contributed by atoms with Gasteiger partial charge in [0.15, 0.2) is 5.13 Å². The van der Waals surface area contributed by atoms with E-state index in [1.807, 2.05) is 69.5 Å². The van der Waals surface area contributed by atoms with E-state index >= 15 is 0 Å². The Hall–Kier alpha value is -2.82. The highest BCUT2D eigenvalue weighted by Crippen LogP contribution is 2.38. The van der Waals surface area contributed by atoms with Crippen LogP contribution in [0.5, 0.6) is 17.2 Å². The molecule has 1 saturated heterocycles. The second-order valence-electron chi connectivity index (χ2n) is 10.5. The monoisotopic (exact) mass is 605 g/mol. The van der Waals surface area contributed by atoms with Gasteiger partial charge < -0.3 is 23.8 Å². The van der Waals surface area contributed by atoms with E-state index in [0.29, 0.717) is 36.7 Å². The Labute approximate surface area is 249 Å². The molecule has 1 amide bonds. The van der Waals surface area contributed by atoms with Gasteiger partial charge in [0.25, 0.3) is 0 Å². The van der Waals surface area contributed by atoms with Crippen LogP contribution < -0.4 is 18.5 Å². The van der Waals surface area contributed by atoms with Crippen LogP contribution in [0.4, 0.5) is 9.93 Å². The van der Waals surface area contributed by atoms with Crippen molar-refractivity contribution in [1.82, 2.24) is 9.88 Å². The van der Waals surface area contributed by atoms with Gasteiger partial charge in [-0.1, -0.05) is 11.6 Å². The minimum absolute atomic E-state index is 0.00371. The Bertz CT molecular complexity index is 1290. The highest BCUT2D eigenvalue weighted by molar-refractivity contribution is 8.00. The number of hydrogen-bond donors (Lipinski definition) is 0. The van der Waals surface area contributed by atoms with Gasteiger partial charge in [0.1, 0.15) is 29.0 Å². The average molecular weight is 606 g/mol. The van der Waals surface area contributed by atoms with Crippen molar-refractivity contribution in [2.45, 2.75) is 69.7 Å². The Balaban J connectivity index is 1.42. The Morgan fingerprint density at radius 3 is 2.60 bits per heavy atom. The SMILES string of the molecule is COc1ccc(CN(Sc2ccc(O[C@H]3CCN(C(=O)OC(C)(C)C)[C@@H](C)C3)c(Cl)c2)c2nccs2)c(OC)c1. The first-order valence-electron chi connectivity index (χ1n) is 13.1. The molecule has 2 heterocycles. The molecule has 216 valence electrons. The lowest BCUT2D eigenvalue weighted by Gasteiger charge is -2.38. The predicted molar refractivity (Wildman–Crippen MR) is 161 cm³/mol. The lowest BCUT2D eigenvalue weighted by molar-refractivity contribution is -0.00103. The number of rotatable bonds is 9. The van der Waals surface area contributed by atoms with E-state index in [4.69, 9.17) is 30.5 Å². The van der Waals surface area contributed by atoms with Crippen molar-refractivity contribution < 1.29 is 23.7 Å². The third kappa shape index (κ3) is 7.89. The first-order chi connectivity index (χ1) is 19.1. The van der Waals surface area contributed by atoms with E-state index in [1.165, 1.54) is 0 Å². The number of carbonyl (C=O) groups is 1. The number of methoxy groups -OCH3 is 2. The summed E-state index contributed by atoms with van der Waals surface area (Å²) in [6, 6.07) is 11.6. The zero-order valence-electron chi connectivity index (χ0n) is 23.7. The molecule has 0 unspecified atom stereocenters. The Morgan fingerprint density at radius 1 is 1.18 bits per heavy atom. The smallest absolute Gasteiger partial charge is 0.410 e.